The van der Waals surface area contributed by atoms with Crippen LogP contribution in [-0.2, 0) is 5.75 Å². The maximum absolute atomic E-state index is 13.8. The number of hydrogen-bond acceptors (Lipinski definition) is 3. The van der Waals surface area contributed by atoms with Gasteiger partial charge in [-0.25, -0.2) is 4.39 Å². The second kappa shape index (κ2) is 7.32. The van der Waals surface area contributed by atoms with Gasteiger partial charge >= 0.3 is 0 Å². The molecule has 2 aromatic carbocycles. The Balaban J connectivity index is 1.75. The summed E-state index contributed by atoms with van der Waals surface area (Å²) in [5.74, 6) is 0.123. The van der Waals surface area contributed by atoms with Crippen LogP contribution in [-0.4, -0.2) is 10.2 Å². The number of nitrogens with zero attached hydrogens (tertiary/aromatic N) is 2. The third kappa shape index (κ3) is 3.77. The molecule has 0 amide bonds. The molecule has 0 unspecified atom stereocenters. The Morgan fingerprint density at radius 2 is 1.88 bits per heavy atom. The molecule has 1 aromatic heterocycles. The minimum atomic E-state index is -0.296. The molecule has 0 aliphatic rings. The van der Waals surface area contributed by atoms with Crippen molar-refractivity contribution in [3.8, 4) is 11.3 Å². The molecule has 5 heteroatoms. The molecule has 3 rings (SSSR count). The first-order valence-electron chi connectivity index (χ1n) is 7.51. The van der Waals surface area contributed by atoms with Crippen LogP contribution in [0.3, 0.4) is 0 Å². The molecule has 0 atom stereocenters. The molecule has 0 spiro atoms. The highest BCUT2D eigenvalue weighted by atomic mass is 35.5. The molecule has 0 fully saturated rings. The normalized spacial score (nSPS) is 10.8. The lowest BCUT2D eigenvalue weighted by atomic mass is 10.0. The minimum Gasteiger partial charge on any atom is -0.207 e. The third-order valence-electron chi connectivity index (χ3n) is 3.72. The van der Waals surface area contributed by atoms with Gasteiger partial charge in [0.25, 0.3) is 0 Å². The number of aromatic nitrogens is 2. The van der Waals surface area contributed by atoms with Crippen molar-refractivity contribution in [2.75, 3.05) is 0 Å². The number of halogens is 2. The van der Waals surface area contributed by atoms with Gasteiger partial charge in [-0.1, -0.05) is 53.2 Å². The summed E-state index contributed by atoms with van der Waals surface area (Å²) in [7, 11) is 0. The highest BCUT2D eigenvalue weighted by Gasteiger charge is 2.09. The summed E-state index contributed by atoms with van der Waals surface area (Å²) in [4.78, 5) is 0. The van der Waals surface area contributed by atoms with Gasteiger partial charge in [-0.05, 0) is 43.7 Å². The van der Waals surface area contributed by atoms with Crippen molar-refractivity contribution in [3.05, 3.63) is 76.1 Å². The minimum absolute atomic E-state index is 0.296. The fraction of sp³-hybridized carbons (Fsp3) is 0.158. The third-order valence-corrected chi connectivity index (χ3v) is 5.02. The van der Waals surface area contributed by atoms with E-state index in [1.165, 1.54) is 29.0 Å². The van der Waals surface area contributed by atoms with Crippen LogP contribution in [0.5, 0.6) is 0 Å². The lowest BCUT2D eigenvalue weighted by Crippen LogP contribution is -1.93. The van der Waals surface area contributed by atoms with E-state index in [0.717, 1.165) is 16.3 Å². The summed E-state index contributed by atoms with van der Waals surface area (Å²) >= 11 is 7.46. The van der Waals surface area contributed by atoms with Crippen LogP contribution in [0.1, 0.15) is 16.7 Å². The molecule has 0 radical (unpaired) electrons. The zero-order valence-corrected chi connectivity index (χ0v) is 15.0. The summed E-state index contributed by atoms with van der Waals surface area (Å²) in [6, 6.07) is 14.8. The van der Waals surface area contributed by atoms with E-state index in [0.29, 0.717) is 16.3 Å². The van der Waals surface area contributed by atoms with E-state index in [2.05, 4.69) is 42.2 Å². The summed E-state index contributed by atoms with van der Waals surface area (Å²) in [6.07, 6.45) is 0. The van der Waals surface area contributed by atoms with Crippen molar-refractivity contribution in [3.63, 3.8) is 0 Å². The lowest BCUT2D eigenvalue weighted by molar-refractivity contribution is 0.617. The topological polar surface area (TPSA) is 25.8 Å². The van der Waals surface area contributed by atoms with Gasteiger partial charge in [0.1, 0.15) is 10.8 Å². The molecule has 122 valence electrons. The SMILES string of the molecule is Cc1ccc(-c2ccc(SCc3c(F)cccc3Cl)nn2)c(C)c1. The first-order chi connectivity index (χ1) is 11.5. The van der Waals surface area contributed by atoms with Gasteiger partial charge in [0.05, 0.1) is 5.69 Å². The molecule has 0 bridgehead atoms. The monoisotopic (exact) mass is 358 g/mol. The van der Waals surface area contributed by atoms with Crippen molar-refractivity contribution in [1.29, 1.82) is 0 Å². The zero-order valence-electron chi connectivity index (χ0n) is 13.4. The van der Waals surface area contributed by atoms with Crippen molar-refractivity contribution in [1.82, 2.24) is 10.2 Å². The smallest absolute Gasteiger partial charge is 0.128 e. The van der Waals surface area contributed by atoms with E-state index in [4.69, 9.17) is 11.6 Å². The van der Waals surface area contributed by atoms with Crippen LogP contribution in [0.2, 0.25) is 5.02 Å². The van der Waals surface area contributed by atoms with E-state index in [-0.39, 0.29) is 5.82 Å². The Hall–Kier alpha value is -1.91. The van der Waals surface area contributed by atoms with Gasteiger partial charge in [0.15, 0.2) is 0 Å². The fourth-order valence-corrected chi connectivity index (χ4v) is 3.62. The zero-order chi connectivity index (χ0) is 17.1. The summed E-state index contributed by atoms with van der Waals surface area (Å²) in [6.45, 7) is 4.13. The van der Waals surface area contributed by atoms with E-state index in [1.54, 1.807) is 12.1 Å². The van der Waals surface area contributed by atoms with Gasteiger partial charge in [-0.3, -0.25) is 0 Å². The number of rotatable bonds is 4. The second-order valence-electron chi connectivity index (χ2n) is 5.56. The maximum Gasteiger partial charge on any atom is 0.128 e. The fourth-order valence-electron chi connectivity index (χ4n) is 2.46. The Morgan fingerprint density at radius 3 is 2.54 bits per heavy atom. The van der Waals surface area contributed by atoms with Crippen LogP contribution in [0.15, 0.2) is 53.6 Å². The highest BCUT2D eigenvalue weighted by Crippen LogP contribution is 2.28. The molecule has 0 N–H and O–H groups in total. The van der Waals surface area contributed by atoms with E-state index in [1.807, 2.05) is 12.1 Å². The van der Waals surface area contributed by atoms with Crippen LogP contribution >= 0.6 is 23.4 Å². The van der Waals surface area contributed by atoms with Crippen LogP contribution in [0.4, 0.5) is 4.39 Å². The van der Waals surface area contributed by atoms with Gasteiger partial charge in [0.2, 0.25) is 0 Å². The first kappa shape index (κ1) is 16.9. The Labute approximate surface area is 150 Å². The van der Waals surface area contributed by atoms with E-state index < -0.39 is 0 Å². The van der Waals surface area contributed by atoms with Crippen molar-refractivity contribution < 1.29 is 4.39 Å². The van der Waals surface area contributed by atoms with Gasteiger partial charge in [-0.15, -0.1) is 10.2 Å². The first-order valence-corrected chi connectivity index (χ1v) is 8.88. The molecular weight excluding hydrogens is 343 g/mol. The van der Waals surface area contributed by atoms with Gasteiger partial charge in [0, 0.05) is 21.9 Å². The number of aryl methyl sites for hydroxylation is 2. The van der Waals surface area contributed by atoms with Crippen LogP contribution in [0, 0.1) is 19.7 Å². The van der Waals surface area contributed by atoms with Crippen molar-refractivity contribution in [2.45, 2.75) is 24.6 Å². The maximum atomic E-state index is 13.8. The quantitative estimate of drug-likeness (QED) is 0.547. The Kier molecular flexibility index (Phi) is 5.17. The lowest BCUT2D eigenvalue weighted by Gasteiger charge is -2.07. The molecule has 0 saturated heterocycles. The predicted molar refractivity (Wildman–Crippen MR) is 97.9 cm³/mol. The van der Waals surface area contributed by atoms with E-state index >= 15 is 0 Å². The molecule has 2 nitrogen and oxygen atoms in total. The molecule has 24 heavy (non-hydrogen) atoms. The highest BCUT2D eigenvalue weighted by molar-refractivity contribution is 7.98. The largest absolute Gasteiger partial charge is 0.207 e. The van der Waals surface area contributed by atoms with Gasteiger partial charge in [-0.2, -0.15) is 0 Å². The average molecular weight is 359 g/mol. The Morgan fingerprint density at radius 1 is 1.04 bits per heavy atom. The number of benzene rings is 2. The summed E-state index contributed by atoms with van der Waals surface area (Å²) < 4.78 is 13.8. The molecule has 1 heterocycles. The molecule has 0 aliphatic carbocycles. The summed E-state index contributed by atoms with van der Waals surface area (Å²) in [5, 5.41) is 9.71. The van der Waals surface area contributed by atoms with Crippen LogP contribution in [0.25, 0.3) is 11.3 Å². The molecule has 0 saturated carbocycles. The average Bonchev–Trinajstić information content (AvgIpc) is 2.55. The van der Waals surface area contributed by atoms with E-state index in [9.17, 15) is 4.39 Å². The summed E-state index contributed by atoms with van der Waals surface area (Å²) in [5.41, 5.74) is 4.79. The number of hydrogen-bond donors (Lipinski definition) is 0. The van der Waals surface area contributed by atoms with Gasteiger partial charge < -0.3 is 0 Å². The molecular formula is C19H16ClFN2S. The van der Waals surface area contributed by atoms with Crippen molar-refractivity contribution in [2.24, 2.45) is 0 Å². The Bertz CT molecular complexity index is 845. The van der Waals surface area contributed by atoms with Crippen molar-refractivity contribution >= 4 is 23.4 Å². The number of thioether (sulfide) groups is 1. The second-order valence-corrected chi connectivity index (χ2v) is 6.97. The predicted octanol–water partition coefficient (Wildman–Crippen LogP) is 5.85. The molecule has 0 aliphatic heterocycles. The molecule has 3 aromatic rings. The van der Waals surface area contributed by atoms with Crippen LogP contribution < -0.4 is 0 Å². The standard InChI is InChI=1S/C19H16ClFN2S/c1-12-6-7-14(13(2)10-12)18-8-9-19(23-22-18)24-11-15-16(20)4-3-5-17(15)21/h3-10H,11H2,1-2H3.